The average Bonchev–Trinajstić information content (AvgIpc) is 2.54. The van der Waals surface area contributed by atoms with Gasteiger partial charge in [-0.2, -0.15) is 0 Å². The lowest BCUT2D eigenvalue weighted by Crippen LogP contribution is -2.45. The van der Waals surface area contributed by atoms with Gasteiger partial charge in [0.05, 0.1) is 0 Å². The second kappa shape index (κ2) is 7.83. The molecule has 0 unspecified atom stereocenters. The third kappa shape index (κ3) is 5.36. The second-order valence-corrected chi connectivity index (χ2v) is 7.21. The fraction of sp³-hybridized carbons (Fsp3) is 0.550. The van der Waals surface area contributed by atoms with Crippen molar-refractivity contribution in [3.8, 4) is 11.8 Å². The van der Waals surface area contributed by atoms with E-state index in [2.05, 4.69) is 23.8 Å². The second-order valence-electron chi connectivity index (χ2n) is 7.21. The van der Waals surface area contributed by atoms with Crippen molar-refractivity contribution in [2.24, 2.45) is 0 Å². The van der Waals surface area contributed by atoms with Gasteiger partial charge in [-0.25, -0.2) is 0 Å². The van der Waals surface area contributed by atoms with Crippen LogP contribution in [0.25, 0.3) is 0 Å². The van der Waals surface area contributed by atoms with Crippen LogP contribution in [-0.2, 0) is 0 Å². The van der Waals surface area contributed by atoms with Gasteiger partial charge in [0.15, 0.2) is 0 Å². The zero-order valence-electron chi connectivity index (χ0n) is 15.2. The van der Waals surface area contributed by atoms with Crippen molar-refractivity contribution in [2.75, 3.05) is 27.2 Å². The van der Waals surface area contributed by atoms with Crippen molar-refractivity contribution in [2.45, 2.75) is 44.8 Å². The van der Waals surface area contributed by atoms with Crippen LogP contribution in [-0.4, -0.2) is 59.6 Å². The Morgan fingerprint density at radius 1 is 1.42 bits per heavy atom. The SMILES string of the molecule is CN(C[C@H]1CCCCN1C)C(=O)c1cccc(C#CC(C)(C)O)c1. The van der Waals surface area contributed by atoms with Crippen molar-refractivity contribution in [3.63, 3.8) is 0 Å². The third-order valence-corrected chi connectivity index (χ3v) is 4.38. The number of benzene rings is 1. The first-order valence-electron chi connectivity index (χ1n) is 8.57. The predicted molar refractivity (Wildman–Crippen MR) is 96.8 cm³/mol. The highest BCUT2D eigenvalue weighted by molar-refractivity contribution is 5.94. The molecular weight excluding hydrogens is 300 g/mol. The van der Waals surface area contributed by atoms with E-state index in [0.717, 1.165) is 25.1 Å². The predicted octanol–water partition coefficient (Wildman–Crippen LogP) is 2.37. The fourth-order valence-corrected chi connectivity index (χ4v) is 2.95. The molecule has 1 amide bonds. The quantitative estimate of drug-likeness (QED) is 0.867. The number of nitrogens with zero attached hydrogens (tertiary/aromatic N) is 2. The molecule has 0 saturated carbocycles. The van der Waals surface area contributed by atoms with E-state index in [-0.39, 0.29) is 5.91 Å². The van der Waals surface area contributed by atoms with Crippen LogP contribution in [0.4, 0.5) is 0 Å². The lowest BCUT2D eigenvalue weighted by atomic mass is 10.0. The van der Waals surface area contributed by atoms with Crippen LogP contribution in [0.5, 0.6) is 0 Å². The zero-order valence-corrected chi connectivity index (χ0v) is 15.2. The summed E-state index contributed by atoms with van der Waals surface area (Å²) in [5.41, 5.74) is 0.340. The number of likely N-dealkylation sites (N-methyl/N-ethyl adjacent to an activating group) is 2. The highest BCUT2D eigenvalue weighted by atomic mass is 16.3. The topological polar surface area (TPSA) is 43.8 Å². The number of carbonyl (C=O) groups excluding carboxylic acids is 1. The molecule has 0 bridgehead atoms. The number of amides is 1. The molecule has 24 heavy (non-hydrogen) atoms. The van der Waals surface area contributed by atoms with Crippen LogP contribution in [0, 0.1) is 11.8 Å². The summed E-state index contributed by atoms with van der Waals surface area (Å²) < 4.78 is 0. The summed E-state index contributed by atoms with van der Waals surface area (Å²) in [6.45, 7) is 5.14. The van der Waals surface area contributed by atoms with E-state index in [4.69, 9.17) is 0 Å². The molecule has 1 aromatic rings. The van der Waals surface area contributed by atoms with Crippen LogP contribution in [0.1, 0.15) is 49.0 Å². The molecule has 0 spiro atoms. The molecule has 1 saturated heterocycles. The fourth-order valence-electron chi connectivity index (χ4n) is 2.95. The minimum Gasteiger partial charge on any atom is -0.378 e. The molecule has 1 aromatic carbocycles. The van der Waals surface area contributed by atoms with Gasteiger partial charge in [-0.05, 0) is 58.5 Å². The van der Waals surface area contributed by atoms with E-state index in [0.29, 0.717) is 11.6 Å². The van der Waals surface area contributed by atoms with Crippen molar-refractivity contribution >= 4 is 5.91 Å². The average molecular weight is 328 g/mol. The number of hydrogen-bond donors (Lipinski definition) is 1. The van der Waals surface area contributed by atoms with Gasteiger partial charge in [-0.1, -0.05) is 24.3 Å². The van der Waals surface area contributed by atoms with E-state index < -0.39 is 5.60 Å². The van der Waals surface area contributed by atoms with Crippen molar-refractivity contribution in [1.29, 1.82) is 0 Å². The monoisotopic (exact) mass is 328 g/mol. The maximum Gasteiger partial charge on any atom is 0.253 e. The van der Waals surface area contributed by atoms with Crippen molar-refractivity contribution < 1.29 is 9.90 Å². The molecule has 130 valence electrons. The molecule has 1 N–H and O–H groups in total. The number of carbonyl (C=O) groups is 1. The Labute approximate surface area is 145 Å². The Morgan fingerprint density at radius 2 is 2.17 bits per heavy atom. The molecule has 1 heterocycles. The number of likely N-dealkylation sites (tertiary alicyclic amines) is 1. The van der Waals surface area contributed by atoms with Gasteiger partial charge in [-0.15, -0.1) is 0 Å². The first-order chi connectivity index (χ1) is 11.3. The highest BCUT2D eigenvalue weighted by Gasteiger charge is 2.22. The Bertz CT molecular complexity index is 637. The molecule has 1 aliphatic rings. The van der Waals surface area contributed by atoms with Crippen LogP contribution in [0.15, 0.2) is 24.3 Å². The van der Waals surface area contributed by atoms with Gasteiger partial charge < -0.3 is 14.9 Å². The zero-order chi connectivity index (χ0) is 17.7. The highest BCUT2D eigenvalue weighted by Crippen LogP contribution is 2.17. The molecule has 4 nitrogen and oxygen atoms in total. The lowest BCUT2D eigenvalue weighted by molar-refractivity contribution is 0.0717. The summed E-state index contributed by atoms with van der Waals surface area (Å²) >= 11 is 0. The molecule has 1 aliphatic heterocycles. The standard InChI is InChI=1S/C20H28N2O2/c1-20(2,24)12-11-16-8-7-9-17(14-16)19(23)22(4)15-18-10-5-6-13-21(18)3/h7-9,14,18,24H,5-6,10,13,15H2,1-4H3/t18-/m1/s1. The number of piperidine rings is 1. The molecule has 1 fully saturated rings. The first kappa shape index (κ1) is 18.5. The summed E-state index contributed by atoms with van der Waals surface area (Å²) in [4.78, 5) is 16.8. The van der Waals surface area contributed by atoms with Gasteiger partial charge in [0.2, 0.25) is 0 Å². The largest absolute Gasteiger partial charge is 0.378 e. The molecule has 1 atom stereocenters. The van der Waals surface area contributed by atoms with E-state index >= 15 is 0 Å². The molecule has 0 aliphatic carbocycles. The van der Waals surface area contributed by atoms with Gasteiger partial charge in [-0.3, -0.25) is 4.79 Å². The minimum atomic E-state index is -1.04. The Kier molecular flexibility index (Phi) is 6.04. The molecule has 0 aromatic heterocycles. The van der Waals surface area contributed by atoms with E-state index in [9.17, 15) is 9.90 Å². The van der Waals surface area contributed by atoms with Crippen molar-refractivity contribution in [3.05, 3.63) is 35.4 Å². The molecular formula is C20H28N2O2. The van der Waals surface area contributed by atoms with Gasteiger partial charge in [0.25, 0.3) is 5.91 Å². The third-order valence-electron chi connectivity index (χ3n) is 4.38. The maximum atomic E-state index is 12.7. The van der Waals surface area contributed by atoms with Crippen molar-refractivity contribution in [1.82, 2.24) is 9.80 Å². The number of aliphatic hydroxyl groups is 1. The Hall–Kier alpha value is -1.83. The summed E-state index contributed by atoms with van der Waals surface area (Å²) in [6, 6.07) is 7.74. The lowest BCUT2D eigenvalue weighted by Gasteiger charge is -2.35. The number of hydrogen-bond acceptors (Lipinski definition) is 3. The summed E-state index contributed by atoms with van der Waals surface area (Å²) in [6.07, 6.45) is 3.62. The van der Waals surface area contributed by atoms with Crippen LogP contribution < -0.4 is 0 Å². The molecule has 0 radical (unpaired) electrons. The van der Waals surface area contributed by atoms with Crippen LogP contribution >= 0.6 is 0 Å². The van der Waals surface area contributed by atoms with Gasteiger partial charge >= 0.3 is 0 Å². The Balaban J connectivity index is 2.07. The smallest absolute Gasteiger partial charge is 0.253 e. The van der Waals surface area contributed by atoms with Gasteiger partial charge in [0.1, 0.15) is 5.60 Å². The van der Waals surface area contributed by atoms with E-state index in [1.165, 1.54) is 12.8 Å². The normalized spacial score (nSPS) is 18.6. The summed E-state index contributed by atoms with van der Waals surface area (Å²) in [5, 5.41) is 9.70. The van der Waals surface area contributed by atoms with Crippen LogP contribution in [0.3, 0.4) is 0 Å². The van der Waals surface area contributed by atoms with Gasteiger partial charge in [0, 0.05) is 30.8 Å². The summed E-state index contributed by atoms with van der Waals surface area (Å²) in [5.74, 6) is 5.72. The maximum absolute atomic E-state index is 12.7. The minimum absolute atomic E-state index is 0.0147. The van der Waals surface area contributed by atoms with E-state index in [1.807, 2.05) is 25.2 Å². The van der Waals surface area contributed by atoms with Crippen LogP contribution in [0.2, 0.25) is 0 Å². The first-order valence-corrected chi connectivity index (χ1v) is 8.57. The van der Waals surface area contributed by atoms with E-state index in [1.54, 1.807) is 24.8 Å². The molecule has 4 heteroatoms. The Morgan fingerprint density at radius 3 is 2.83 bits per heavy atom. The molecule has 2 rings (SSSR count). The number of rotatable bonds is 3. The summed E-state index contributed by atoms with van der Waals surface area (Å²) in [7, 11) is 3.99.